The van der Waals surface area contributed by atoms with Crippen molar-refractivity contribution in [2.24, 2.45) is 5.92 Å². The SMILES string of the molecule is CC(=O)C(C(C)=O)[C@@H](C[N+](=O)[O-])c1ccccc1.CC(=O)CC(C)=O.O=[N+]([O-])/C=C/c1ccccc1. The van der Waals surface area contributed by atoms with E-state index in [0.717, 1.165) is 11.8 Å². The monoisotopic (exact) mass is 498 g/mol. The first kappa shape index (κ1) is 31.7. The fourth-order valence-corrected chi connectivity index (χ4v) is 3.18. The Bertz CT molecular complexity index is 1040. The minimum Gasteiger partial charge on any atom is -0.300 e. The Hall–Kier alpha value is -4.34. The highest BCUT2D eigenvalue weighted by Crippen LogP contribution is 2.26. The van der Waals surface area contributed by atoms with E-state index in [4.69, 9.17) is 0 Å². The van der Waals surface area contributed by atoms with Crippen LogP contribution in [0.4, 0.5) is 0 Å². The molecule has 0 amide bonds. The summed E-state index contributed by atoms with van der Waals surface area (Å²) in [6.45, 7) is 4.97. The lowest BCUT2D eigenvalue weighted by atomic mass is 9.81. The molecule has 2 rings (SSSR count). The summed E-state index contributed by atoms with van der Waals surface area (Å²) in [6.07, 6.45) is 2.47. The topological polar surface area (TPSA) is 155 Å². The molecule has 0 aliphatic rings. The number of nitro groups is 2. The zero-order chi connectivity index (χ0) is 27.7. The number of Topliss-reactive ketones (excluding diaryl/α,β-unsaturated/α-hetero) is 4. The Morgan fingerprint density at radius 3 is 1.56 bits per heavy atom. The van der Waals surface area contributed by atoms with Crippen LogP contribution in [0, 0.1) is 26.1 Å². The highest BCUT2D eigenvalue weighted by molar-refractivity contribution is 6.01. The number of carbonyl (C=O) groups is 4. The molecular formula is C26H30N2O8. The molecule has 1 atom stereocenters. The minimum atomic E-state index is -0.946. The van der Waals surface area contributed by atoms with Crippen molar-refractivity contribution in [3.05, 3.63) is 98.2 Å². The summed E-state index contributed by atoms with van der Waals surface area (Å²) in [5, 5.41) is 20.6. The van der Waals surface area contributed by atoms with Crippen LogP contribution in [-0.4, -0.2) is 39.5 Å². The Balaban J connectivity index is 0.000000576. The van der Waals surface area contributed by atoms with Crippen LogP contribution in [-0.2, 0) is 19.2 Å². The third-order valence-electron chi connectivity index (χ3n) is 4.54. The van der Waals surface area contributed by atoms with Crippen LogP contribution in [0.15, 0.2) is 66.9 Å². The molecule has 0 unspecified atom stereocenters. The molecule has 36 heavy (non-hydrogen) atoms. The van der Waals surface area contributed by atoms with Crippen LogP contribution in [0.5, 0.6) is 0 Å². The van der Waals surface area contributed by atoms with Crippen molar-refractivity contribution < 1.29 is 29.0 Å². The van der Waals surface area contributed by atoms with Gasteiger partial charge in [0.15, 0.2) is 0 Å². The van der Waals surface area contributed by atoms with Crippen molar-refractivity contribution in [1.82, 2.24) is 0 Å². The van der Waals surface area contributed by atoms with E-state index >= 15 is 0 Å². The van der Waals surface area contributed by atoms with Gasteiger partial charge < -0.3 is 0 Å². The van der Waals surface area contributed by atoms with Crippen LogP contribution in [0.2, 0.25) is 0 Å². The first-order chi connectivity index (χ1) is 16.8. The van der Waals surface area contributed by atoms with Crippen LogP contribution < -0.4 is 0 Å². The number of rotatable bonds is 10. The van der Waals surface area contributed by atoms with E-state index < -0.39 is 28.2 Å². The van der Waals surface area contributed by atoms with E-state index in [1.54, 1.807) is 42.5 Å². The maximum atomic E-state index is 11.5. The second-order valence-corrected chi connectivity index (χ2v) is 7.82. The molecule has 0 aromatic heterocycles. The van der Waals surface area contributed by atoms with Gasteiger partial charge in [-0.15, -0.1) is 0 Å². The standard InChI is InChI=1S/C13H15NO4.C8H7NO2.C5H8O2/c1-9(15)13(10(2)16)12(8-14(17)18)11-6-4-3-5-7-11;10-9(11)7-6-8-4-2-1-3-5-8;1-4(6)3-5(2)7/h3-7,12-13H,8H2,1-2H3;1-7H;3H2,1-2H3/b;7-6+;/t12-;;/m0../s1. The Morgan fingerprint density at radius 1 is 0.778 bits per heavy atom. The van der Waals surface area contributed by atoms with Crippen molar-refractivity contribution in [3.8, 4) is 0 Å². The Kier molecular flexibility index (Phi) is 15.1. The van der Waals surface area contributed by atoms with Crippen molar-refractivity contribution in [1.29, 1.82) is 0 Å². The summed E-state index contributed by atoms with van der Waals surface area (Å²) in [6, 6.07) is 17.8. The lowest BCUT2D eigenvalue weighted by Crippen LogP contribution is -2.31. The smallest absolute Gasteiger partial charge is 0.235 e. The van der Waals surface area contributed by atoms with Crippen molar-refractivity contribution in [2.75, 3.05) is 6.54 Å². The Morgan fingerprint density at radius 2 is 1.22 bits per heavy atom. The quantitative estimate of drug-likeness (QED) is 0.266. The van der Waals surface area contributed by atoms with E-state index in [2.05, 4.69) is 0 Å². The van der Waals surface area contributed by atoms with Crippen LogP contribution in [0.1, 0.15) is 51.2 Å². The molecule has 2 aromatic rings. The largest absolute Gasteiger partial charge is 0.300 e. The minimum absolute atomic E-state index is 0.0625. The summed E-state index contributed by atoms with van der Waals surface area (Å²) in [5.74, 6) is -2.44. The van der Waals surface area contributed by atoms with E-state index in [1.807, 2.05) is 18.2 Å². The van der Waals surface area contributed by atoms with Gasteiger partial charge in [0.2, 0.25) is 12.7 Å². The maximum absolute atomic E-state index is 11.5. The fraction of sp³-hybridized carbons (Fsp3) is 0.308. The number of ketones is 4. The Labute approximate surface area is 209 Å². The van der Waals surface area contributed by atoms with Gasteiger partial charge in [0, 0.05) is 11.0 Å². The van der Waals surface area contributed by atoms with Gasteiger partial charge in [0.25, 0.3) is 0 Å². The van der Waals surface area contributed by atoms with Crippen LogP contribution >= 0.6 is 0 Å². The second kappa shape index (κ2) is 17.1. The fourth-order valence-electron chi connectivity index (χ4n) is 3.18. The predicted molar refractivity (Wildman–Crippen MR) is 134 cm³/mol. The highest BCUT2D eigenvalue weighted by atomic mass is 16.6. The third-order valence-corrected chi connectivity index (χ3v) is 4.54. The molecule has 10 heteroatoms. The molecular weight excluding hydrogens is 468 g/mol. The lowest BCUT2D eigenvalue weighted by molar-refractivity contribution is -0.484. The molecule has 0 bridgehead atoms. The zero-order valence-electron chi connectivity index (χ0n) is 20.7. The maximum Gasteiger partial charge on any atom is 0.235 e. The number of hydrogen-bond donors (Lipinski definition) is 0. The van der Waals surface area contributed by atoms with Gasteiger partial charge in [-0.1, -0.05) is 60.7 Å². The van der Waals surface area contributed by atoms with E-state index in [0.29, 0.717) is 5.56 Å². The summed E-state index contributed by atoms with van der Waals surface area (Å²) in [5.41, 5.74) is 1.48. The molecule has 192 valence electrons. The van der Waals surface area contributed by atoms with Crippen molar-refractivity contribution >= 4 is 29.2 Å². The van der Waals surface area contributed by atoms with Crippen LogP contribution in [0.25, 0.3) is 6.08 Å². The summed E-state index contributed by atoms with van der Waals surface area (Å²) < 4.78 is 0. The normalized spacial score (nSPS) is 10.8. The average molecular weight is 499 g/mol. The third kappa shape index (κ3) is 14.7. The first-order valence-electron chi connectivity index (χ1n) is 10.9. The molecule has 0 aliphatic heterocycles. The number of nitrogens with zero attached hydrogens (tertiary/aromatic N) is 2. The summed E-state index contributed by atoms with van der Waals surface area (Å²) in [4.78, 5) is 62.8. The van der Waals surface area contributed by atoms with E-state index in [1.165, 1.54) is 33.8 Å². The van der Waals surface area contributed by atoms with Gasteiger partial charge in [-0.3, -0.25) is 39.4 Å². The molecule has 0 heterocycles. The van der Waals surface area contributed by atoms with Crippen molar-refractivity contribution in [3.63, 3.8) is 0 Å². The highest BCUT2D eigenvalue weighted by Gasteiger charge is 2.34. The number of carbonyl (C=O) groups excluding carboxylic acids is 4. The predicted octanol–water partition coefficient (Wildman–Crippen LogP) is 4.33. The number of benzene rings is 2. The van der Waals surface area contributed by atoms with Gasteiger partial charge in [-0.2, -0.15) is 0 Å². The average Bonchev–Trinajstić information content (AvgIpc) is 2.78. The molecule has 0 N–H and O–H groups in total. The zero-order valence-corrected chi connectivity index (χ0v) is 20.7. The van der Waals surface area contributed by atoms with E-state index in [9.17, 15) is 39.4 Å². The molecule has 10 nitrogen and oxygen atoms in total. The van der Waals surface area contributed by atoms with E-state index in [-0.39, 0.29) is 29.6 Å². The van der Waals surface area contributed by atoms with Gasteiger partial charge in [-0.25, -0.2) is 0 Å². The molecule has 0 fully saturated rings. The molecule has 2 aromatic carbocycles. The summed E-state index contributed by atoms with van der Waals surface area (Å²) in [7, 11) is 0. The molecule has 0 saturated carbocycles. The van der Waals surface area contributed by atoms with Gasteiger partial charge >= 0.3 is 0 Å². The molecule has 0 radical (unpaired) electrons. The van der Waals surface area contributed by atoms with Gasteiger partial charge in [0.05, 0.1) is 23.2 Å². The van der Waals surface area contributed by atoms with Crippen molar-refractivity contribution in [2.45, 2.75) is 40.0 Å². The summed E-state index contributed by atoms with van der Waals surface area (Å²) >= 11 is 0. The molecule has 0 spiro atoms. The first-order valence-corrected chi connectivity index (χ1v) is 10.9. The van der Waals surface area contributed by atoms with Gasteiger partial charge in [0.1, 0.15) is 23.1 Å². The number of hydrogen-bond acceptors (Lipinski definition) is 8. The second-order valence-electron chi connectivity index (χ2n) is 7.82. The molecule has 0 aliphatic carbocycles. The molecule has 0 saturated heterocycles. The van der Waals surface area contributed by atoms with Crippen LogP contribution in [0.3, 0.4) is 0 Å². The lowest BCUT2D eigenvalue weighted by Gasteiger charge is -2.20. The van der Waals surface area contributed by atoms with Gasteiger partial charge in [-0.05, 0) is 38.8 Å².